The molecular formula is C11H12N2O2S. The van der Waals surface area contributed by atoms with E-state index < -0.39 is 10.0 Å². The van der Waals surface area contributed by atoms with Crippen LogP contribution in [-0.4, -0.2) is 14.2 Å². The molecule has 0 spiro atoms. The zero-order valence-corrected chi connectivity index (χ0v) is 9.50. The Morgan fingerprint density at radius 3 is 2.69 bits per heavy atom. The topological polar surface area (TPSA) is 70.0 Å². The second kappa shape index (κ2) is 4.14. The molecule has 4 nitrogen and oxygen atoms in total. The van der Waals surface area contributed by atoms with E-state index in [2.05, 4.69) is 4.72 Å². The number of anilines is 1. The third-order valence-corrected chi connectivity index (χ3v) is 3.91. The van der Waals surface area contributed by atoms with Crippen LogP contribution in [0.1, 0.15) is 18.4 Å². The lowest BCUT2D eigenvalue weighted by atomic mass is 10.2. The zero-order chi connectivity index (χ0) is 11.6. The van der Waals surface area contributed by atoms with Gasteiger partial charge in [0.05, 0.1) is 17.0 Å². The van der Waals surface area contributed by atoms with Crippen LogP contribution < -0.4 is 4.72 Å². The molecule has 16 heavy (non-hydrogen) atoms. The van der Waals surface area contributed by atoms with Gasteiger partial charge < -0.3 is 0 Å². The Bertz CT molecular complexity index is 527. The minimum absolute atomic E-state index is 0.159. The zero-order valence-electron chi connectivity index (χ0n) is 8.68. The molecule has 1 N–H and O–H groups in total. The second-order valence-corrected chi connectivity index (χ2v) is 5.75. The molecule has 84 valence electrons. The Labute approximate surface area is 95.0 Å². The van der Waals surface area contributed by atoms with Gasteiger partial charge >= 0.3 is 0 Å². The summed E-state index contributed by atoms with van der Waals surface area (Å²) in [6.07, 6.45) is 1.97. The van der Waals surface area contributed by atoms with Crippen LogP contribution in [0.25, 0.3) is 0 Å². The molecule has 0 heterocycles. The summed E-state index contributed by atoms with van der Waals surface area (Å²) in [6.45, 7) is 0. The summed E-state index contributed by atoms with van der Waals surface area (Å²) < 4.78 is 25.9. The fourth-order valence-corrected chi connectivity index (χ4v) is 3.02. The highest BCUT2D eigenvalue weighted by Gasteiger charge is 2.28. The van der Waals surface area contributed by atoms with Crippen LogP contribution in [0.4, 0.5) is 5.69 Å². The fraction of sp³-hybridized carbons (Fsp3) is 0.364. The molecule has 0 saturated heterocycles. The van der Waals surface area contributed by atoms with E-state index in [1.165, 1.54) is 0 Å². The van der Waals surface area contributed by atoms with Gasteiger partial charge in [0, 0.05) is 0 Å². The minimum Gasteiger partial charge on any atom is -0.282 e. The molecule has 0 amide bonds. The summed E-state index contributed by atoms with van der Waals surface area (Å²) in [5.41, 5.74) is 0.715. The van der Waals surface area contributed by atoms with Crippen molar-refractivity contribution in [2.45, 2.75) is 12.8 Å². The second-order valence-electron chi connectivity index (χ2n) is 3.98. The fourth-order valence-electron chi connectivity index (χ4n) is 1.47. The maximum atomic E-state index is 11.7. The van der Waals surface area contributed by atoms with Gasteiger partial charge in [-0.05, 0) is 30.9 Å². The SMILES string of the molecule is N#Cc1ccccc1NS(=O)(=O)CC1CC1. The van der Waals surface area contributed by atoms with Crippen LogP contribution in [0.5, 0.6) is 0 Å². The first-order valence-electron chi connectivity index (χ1n) is 5.10. The van der Waals surface area contributed by atoms with Crippen molar-refractivity contribution in [3.8, 4) is 6.07 Å². The average Bonchev–Trinajstić information content (AvgIpc) is 3.01. The Kier molecular flexibility index (Phi) is 2.84. The molecule has 1 saturated carbocycles. The molecule has 1 fully saturated rings. The summed E-state index contributed by atoms with van der Waals surface area (Å²) >= 11 is 0. The first kappa shape index (κ1) is 11.0. The highest BCUT2D eigenvalue weighted by atomic mass is 32.2. The van der Waals surface area contributed by atoms with Gasteiger partial charge in [-0.1, -0.05) is 12.1 Å². The standard InChI is InChI=1S/C11H12N2O2S/c12-7-10-3-1-2-4-11(10)13-16(14,15)8-9-5-6-9/h1-4,9,13H,5-6,8H2. The van der Waals surface area contributed by atoms with Crippen molar-refractivity contribution in [1.29, 1.82) is 5.26 Å². The van der Waals surface area contributed by atoms with E-state index in [0.29, 0.717) is 17.2 Å². The van der Waals surface area contributed by atoms with Gasteiger partial charge in [0.15, 0.2) is 0 Å². The van der Waals surface area contributed by atoms with E-state index in [0.717, 1.165) is 12.8 Å². The maximum absolute atomic E-state index is 11.7. The predicted molar refractivity (Wildman–Crippen MR) is 61.3 cm³/mol. The third kappa shape index (κ3) is 2.74. The lowest BCUT2D eigenvalue weighted by molar-refractivity contribution is 0.597. The molecule has 0 bridgehead atoms. The van der Waals surface area contributed by atoms with E-state index in [-0.39, 0.29) is 5.75 Å². The maximum Gasteiger partial charge on any atom is 0.233 e. The number of nitriles is 1. The van der Waals surface area contributed by atoms with E-state index in [1.54, 1.807) is 24.3 Å². The number of sulfonamides is 1. The predicted octanol–water partition coefficient (Wildman–Crippen LogP) is 1.71. The summed E-state index contributed by atoms with van der Waals surface area (Å²) in [7, 11) is -3.31. The van der Waals surface area contributed by atoms with E-state index in [9.17, 15) is 8.42 Å². The molecule has 0 aliphatic heterocycles. The number of benzene rings is 1. The lowest BCUT2D eigenvalue weighted by Crippen LogP contribution is -2.18. The summed E-state index contributed by atoms with van der Waals surface area (Å²) in [4.78, 5) is 0. The number of rotatable bonds is 4. The molecule has 0 unspecified atom stereocenters. The van der Waals surface area contributed by atoms with Gasteiger partial charge in [-0.2, -0.15) is 5.26 Å². The van der Waals surface area contributed by atoms with Crippen molar-refractivity contribution in [2.75, 3.05) is 10.5 Å². The van der Waals surface area contributed by atoms with E-state index >= 15 is 0 Å². The van der Waals surface area contributed by atoms with Crippen molar-refractivity contribution in [1.82, 2.24) is 0 Å². The Morgan fingerprint density at radius 1 is 1.38 bits per heavy atom. The van der Waals surface area contributed by atoms with Gasteiger partial charge in [0.2, 0.25) is 10.0 Å². The van der Waals surface area contributed by atoms with Crippen molar-refractivity contribution in [3.05, 3.63) is 29.8 Å². The van der Waals surface area contributed by atoms with Gasteiger partial charge in [-0.15, -0.1) is 0 Å². The molecule has 1 aliphatic carbocycles. The van der Waals surface area contributed by atoms with Crippen molar-refractivity contribution < 1.29 is 8.42 Å². The molecule has 0 aromatic heterocycles. The molecular weight excluding hydrogens is 224 g/mol. The van der Waals surface area contributed by atoms with Crippen LogP contribution in [0.3, 0.4) is 0 Å². The summed E-state index contributed by atoms with van der Waals surface area (Å²) in [5.74, 6) is 0.457. The summed E-state index contributed by atoms with van der Waals surface area (Å²) in [5, 5.41) is 8.82. The largest absolute Gasteiger partial charge is 0.282 e. The highest BCUT2D eigenvalue weighted by molar-refractivity contribution is 7.92. The van der Waals surface area contributed by atoms with Crippen LogP contribution in [0.2, 0.25) is 0 Å². The Morgan fingerprint density at radius 2 is 2.06 bits per heavy atom. The lowest BCUT2D eigenvalue weighted by Gasteiger charge is -2.08. The van der Waals surface area contributed by atoms with Crippen LogP contribution in [0.15, 0.2) is 24.3 Å². The first-order valence-corrected chi connectivity index (χ1v) is 6.75. The summed E-state index contributed by atoms with van der Waals surface area (Å²) in [6, 6.07) is 8.56. The molecule has 2 rings (SSSR count). The highest BCUT2D eigenvalue weighted by Crippen LogP contribution is 2.30. The molecule has 1 aromatic rings. The molecule has 5 heteroatoms. The average molecular weight is 236 g/mol. The molecule has 1 aliphatic rings. The normalized spacial score (nSPS) is 15.4. The van der Waals surface area contributed by atoms with Gasteiger partial charge in [0.25, 0.3) is 0 Å². The smallest absolute Gasteiger partial charge is 0.233 e. The molecule has 1 aromatic carbocycles. The number of nitrogens with zero attached hydrogens (tertiary/aromatic N) is 1. The van der Waals surface area contributed by atoms with E-state index in [4.69, 9.17) is 5.26 Å². The number of nitrogens with one attached hydrogen (secondary N) is 1. The number of hydrogen-bond acceptors (Lipinski definition) is 3. The van der Waals surface area contributed by atoms with Crippen molar-refractivity contribution >= 4 is 15.7 Å². The van der Waals surface area contributed by atoms with Crippen LogP contribution >= 0.6 is 0 Å². The number of para-hydroxylation sites is 1. The first-order chi connectivity index (χ1) is 7.61. The molecule has 0 atom stereocenters. The molecule has 0 radical (unpaired) electrons. The van der Waals surface area contributed by atoms with E-state index in [1.807, 2.05) is 6.07 Å². The minimum atomic E-state index is -3.31. The van der Waals surface area contributed by atoms with Gasteiger partial charge in [-0.25, -0.2) is 8.42 Å². The third-order valence-electron chi connectivity index (χ3n) is 2.47. The van der Waals surface area contributed by atoms with Crippen molar-refractivity contribution in [2.24, 2.45) is 5.92 Å². The Balaban J connectivity index is 2.16. The van der Waals surface area contributed by atoms with Crippen LogP contribution in [-0.2, 0) is 10.0 Å². The Hall–Kier alpha value is -1.54. The van der Waals surface area contributed by atoms with Crippen LogP contribution in [0, 0.1) is 17.2 Å². The quantitative estimate of drug-likeness (QED) is 0.865. The monoisotopic (exact) mass is 236 g/mol. The number of hydrogen-bond donors (Lipinski definition) is 1. The van der Waals surface area contributed by atoms with Gasteiger partial charge in [-0.3, -0.25) is 4.72 Å². The van der Waals surface area contributed by atoms with Gasteiger partial charge in [0.1, 0.15) is 6.07 Å². The van der Waals surface area contributed by atoms with Crippen molar-refractivity contribution in [3.63, 3.8) is 0 Å².